The fraction of sp³-hybridized carbons (Fsp3) is 0.800. The molecule has 1 N–H and O–H groups in total. The molecule has 0 radical (unpaired) electrons. The molecule has 7 heteroatoms. The monoisotopic (exact) mass is 307 g/mol. The van der Waals surface area contributed by atoms with E-state index < -0.39 is 5.60 Å². The molecule has 7 nitrogen and oxygen atoms in total. The molecule has 2 aliphatic rings. The maximum Gasteiger partial charge on any atom is 0.410 e. The van der Waals surface area contributed by atoms with Crippen LogP contribution >= 0.6 is 0 Å². The van der Waals surface area contributed by atoms with Gasteiger partial charge in [0, 0.05) is 19.6 Å². The first-order valence-corrected chi connectivity index (χ1v) is 8.08. The van der Waals surface area contributed by atoms with Crippen LogP contribution in [0.25, 0.3) is 0 Å². The molecule has 1 aromatic rings. The molecule has 122 valence electrons. The Morgan fingerprint density at radius 3 is 2.86 bits per heavy atom. The second-order valence-electron chi connectivity index (χ2n) is 6.99. The van der Waals surface area contributed by atoms with E-state index in [-0.39, 0.29) is 12.1 Å². The van der Waals surface area contributed by atoms with Crippen molar-refractivity contribution in [3.63, 3.8) is 0 Å². The minimum absolute atomic E-state index is 0.0250. The lowest BCUT2D eigenvalue weighted by atomic mass is 10.0. The van der Waals surface area contributed by atoms with Crippen LogP contribution in [-0.4, -0.2) is 44.4 Å². The number of hydrogen-bond acceptors (Lipinski definition) is 5. The Hall–Kier alpha value is -1.63. The number of rotatable bonds is 1. The smallest absolute Gasteiger partial charge is 0.410 e. The topological polar surface area (TPSA) is 72.3 Å². The van der Waals surface area contributed by atoms with Gasteiger partial charge in [-0.05, 0) is 40.0 Å². The van der Waals surface area contributed by atoms with Crippen LogP contribution in [0.2, 0.25) is 0 Å². The number of piperidine rings is 1. The number of amides is 1. The standard InChI is InChI=1S/C15H25N5O2/c1-15(2,3)22-14(21)19-8-5-4-6-11(19)13-18-17-12-10-16-7-9-20(12)13/h11,16H,4-10H2,1-3H3. The van der Waals surface area contributed by atoms with E-state index in [4.69, 9.17) is 4.74 Å². The van der Waals surface area contributed by atoms with Gasteiger partial charge >= 0.3 is 6.09 Å². The minimum atomic E-state index is -0.479. The molecule has 0 aliphatic carbocycles. The Bertz CT molecular complexity index is 549. The molecule has 1 unspecified atom stereocenters. The summed E-state index contributed by atoms with van der Waals surface area (Å²) in [6, 6.07) is -0.0250. The van der Waals surface area contributed by atoms with Crippen LogP contribution in [-0.2, 0) is 17.8 Å². The lowest BCUT2D eigenvalue weighted by Gasteiger charge is -2.36. The molecule has 1 amide bonds. The largest absolute Gasteiger partial charge is 0.444 e. The highest BCUT2D eigenvalue weighted by Gasteiger charge is 2.35. The Labute approximate surface area is 131 Å². The zero-order chi connectivity index (χ0) is 15.7. The minimum Gasteiger partial charge on any atom is -0.444 e. The highest BCUT2D eigenvalue weighted by Crippen LogP contribution is 2.31. The van der Waals surface area contributed by atoms with Crippen molar-refractivity contribution < 1.29 is 9.53 Å². The summed E-state index contributed by atoms with van der Waals surface area (Å²) in [5, 5.41) is 11.9. The first-order chi connectivity index (χ1) is 10.5. The van der Waals surface area contributed by atoms with Crippen molar-refractivity contribution in [2.45, 2.75) is 64.8 Å². The molecule has 0 spiro atoms. The molecule has 1 fully saturated rings. The summed E-state index contributed by atoms with van der Waals surface area (Å²) in [6.07, 6.45) is 2.79. The zero-order valence-corrected chi connectivity index (χ0v) is 13.6. The second kappa shape index (κ2) is 5.87. The summed E-state index contributed by atoms with van der Waals surface area (Å²) in [4.78, 5) is 14.3. The van der Waals surface area contributed by atoms with Crippen molar-refractivity contribution in [1.29, 1.82) is 0 Å². The highest BCUT2D eigenvalue weighted by atomic mass is 16.6. The van der Waals surface area contributed by atoms with Crippen LogP contribution in [0.15, 0.2) is 0 Å². The maximum absolute atomic E-state index is 12.5. The Morgan fingerprint density at radius 1 is 1.27 bits per heavy atom. The van der Waals surface area contributed by atoms with Crippen molar-refractivity contribution in [1.82, 2.24) is 25.0 Å². The highest BCUT2D eigenvalue weighted by molar-refractivity contribution is 5.68. The van der Waals surface area contributed by atoms with E-state index >= 15 is 0 Å². The lowest BCUT2D eigenvalue weighted by Crippen LogP contribution is -2.43. The molecular formula is C15H25N5O2. The summed E-state index contributed by atoms with van der Waals surface area (Å²) in [5.41, 5.74) is -0.479. The number of nitrogens with one attached hydrogen (secondary N) is 1. The van der Waals surface area contributed by atoms with Gasteiger partial charge in [0.05, 0.1) is 12.6 Å². The number of aromatic nitrogens is 3. The number of carbonyl (C=O) groups is 1. The average molecular weight is 307 g/mol. The van der Waals surface area contributed by atoms with Gasteiger partial charge in [0.1, 0.15) is 11.4 Å². The van der Waals surface area contributed by atoms with Gasteiger partial charge in [0.15, 0.2) is 5.82 Å². The number of nitrogens with zero attached hydrogens (tertiary/aromatic N) is 4. The second-order valence-corrected chi connectivity index (χ2v) is 6.99. The zero-order valence-electron chi connectivity index (χ0n) is 13.6. The first-order valence-electron chi connectivity index (χ1n) is 8.08. The maximum atomic E-state index is 12.5. The predicted octanol–water partition coefficient (Wildman–Crippen LogP) is 1.84. The SMILES string of the molecule is CC(C)(C)OC(=O)N1CCCCC1c1nnc2n1CCNC2. The summed E-state index contributed by atoms with van der Waals surface area (Å²) in [6.45, 7) is 8.93. The number of hydrogen-bond donors (Lipinski definition) is 1. The van der Waals surface area contributed by atoms with Crippen LogP contribution in [0.5, 0.6) is 0 Å². The van der Waals surface area contributed by atoms with Crippen molar-refractivity contribution in [2.75, 3.05) is 13.1 Å². The fourth-order valence-electron chi connectivity index (χ4n) is 3.10. The van der Waals surface area contributed by atoms with Crippen molar-refractivity contribution in [3.8, 4) is 0 Å². The molecule has 3 rings (SSSR count). The van der Waals surface area contributed by atoms with Crippen molar-refractivity contribution >= 4 is 6.09 Å². The Morgan fingerprint density at radius 2 is 2.09 bits per heavy atom. The van der Waals surface area contributed by atoms with Gasteiger partial charge in [-0.1, -0.05) is 0 Å². The van der Waals surface area contributed by atoms with Gasteiger partial charge in [0.2, 0.25) is 0 Å². The van der Waals surface area contributed by atoms with Crippen LogP contribution in [0.1, 0.15) is 57.7 Å². The number of carbonyl (C=O) groups excluding carboxylic acids is 1. The lowest BCUT2D eigenvalue weighted by molar-refractivity contribution is 0.00793. The molecule has 3 heterocycles. The predicted molar refractivity (Wildman–Crippen MR) is 81.3 cm³/mol. The Kier molecular flexibility index (Phi) is 4.08. The molecule has 0 aromatic carbocycles. The first kappa shape index (κ1) is 15.3. The summed E-state index contributed by atoms with van der Waals surface area (Å²) in [7, 11) is 0. The third-order valence-corrected chi connectivity index (χ3v) is 4.08. The fourth-order valence-corrected chi connectivity index (χ4v) is 3.10. The van der Waals surface area contributed by atoms with Crippen LogP contribution in [0.3, 0.4) is 0 Å². The van der Waals surface area contributed by atoms with Gasteiger partial charge in [-0.15, -0.1) is 10.2 Å². The Balaban J connectivity index is 1.84. The summed E-state index contributed by atoms with van der Waals surface area (Å²) >= 11 is 0. The molecule has 1 atom stereocenters. The number of ether oxygens (including phenoxy) is 1. The van der Waals surface area contributed by atoms with E-state index in [1.807, 2.05) is 25.7 Å². The molecule has 1 saturated heterocycles. The van der Waals surface area contributed by atoms with Crippen molar-refractivity contribution in [2.24, 2.45) is 0 Å². The average Bonchev–Trinajstić information content (AvgIpc) is 2.89. The van der Waals surface area contributed by atoms with Crippen LogP contribution in [0, 0.1) is 0 Å². The third-order valence-electron chi connectivity index (χ3n) is 4.08. The number of fused-ring (bicyclic) bond motifs is 1. The normalized spacial score (nSPS) is 22.3. The summed E-state index contributed by atoms with van der Waals surface area (Å²) < 4.78 is 7.72. The third kappa shape index (κ3) is 3.09. The van der Waals surface area contributed by atoms with Gasteiger partial charge < -0.3 is 14.6 Å². The van der Waals surface area contributed by atoms with E-state index in [0.29, 0.717) is 0 Å². The number of likely N-dealkylation sites (tertiary alicyclic amines) is 1. The van der Waals surface area contributed by atoms with E-state index in [1.54, 1.807) is 0 Å². The molecule has 22 heavy (non-hydrogen) atoms. The van der Waals surface area contributed by atoms with Gasteiger partial charge in [-0.25, -0.2) is 4.79 Å². The molecule has 2 aliphatic heterocycles. The molecule has 1 aromatic heterocycles. The van der Waals surface area contributed by atoms with Crippen LogP contribution < -0.4 is 5.32 Å². The van der Waals surface area contributed by atoms with E-state index in [1.165, 1.54) is 0 Å². The van der Waals surface area contributed by atoms with Crippen molar-refractivity contribution in [3.05, 3.63) is 11.6 Å². The molecular weight excluding hydrogens is 282 g/mol. The van der Waals surface area contributed by atoms with Gasteiger partial charge in [-0.3, -0.25) is 4.90 Å². The van der Waals surface area contributed by atoms with E-state index in [2.05, 4.69) is 20.1 Å². The van der Waals surface area contributed by atoms with E-state index in [0.717, 1.165) is 57.1 Å². The summed E-state index contributed by atoms with van der Waals surface area (Å²) in [5.74, 6) is 1.86. The van der Waals surface area contributed by atoms with Crippen LogP contribution in [0.4, 0.5) is 4.79 Å². The van der Waals surface area contributed by atoms with E-state index in [9.17, 15) is 4.79 Å². The molecule has 0 bridgehead atoms. The quantitative estimate of drug-likeness (QED) is 0.857. The molecule has 0 saturated carbocycles. The van der Waals surface area contributed by atoms with Gasteiger partial charge in [0.25, 0.3) is 0 Å². The van der Waals surface area contributed by atoms with Gasteiger partial charge in [-0.2, -0.15) is 0 Å².